The fourth-order valence-corrected chi connectivity index (χ4v) is 6.48. The summed E-state index contributed by atoms with van der Waals surface area (Å²) in [6.07, 6.45) is 1.69. The van der Waals surface area contributed by atoms with Gasteiger partial charge in [-0.3, -0.25) is 0 Å². The molecule has 8 aromatic rings. The number of hydrogen-bond acceptors (Lipinski definition) is 4. The van der Waals surface area contributed by atoms with Crippen LogP contribution in [0.3, 0.4) is 0 Å². The molecule has 3 heterocycles. The fourth-order valence-electron chi connectivity index (χ4n) is 6.48. The van der Waals surface area contributed by atoms with Gasteiger partial charge in [0.25, 0.3) is 0 Å². The highest BCUT2D eigenvalue weighted by molar-refractivity contribution is 7.79. The van der Waals surface area contributed by atoms with Crippen LogP contribution < -0.4 is 0 Å². The van der Waals surface area contributed by atoms with E-state index in [2.05, 4.69) is 68.8 Å². The third-order valence-electron chi connectivity index (χ3n) is 8.16. The normalized spacial score (nSPS) is 10.8. The lowest BCUT2D eigenvalue weighted by Gasteiger charge is -2.12. The molecule has 0 atom stereocenters. The Morgan fingerprint density at radius 2 is 0.711 bits per heavy atom. The number of benzene rings is 5. The molecule has 0 saturated heterocycles. The van der Waals surface area contributed by atoms with Crippen molar-refractivity contribution in [1.82, 2.24) is 13.7 Å². The average Bonchev–Trinajstić information content (AvgIpc) is 3.74. The minimum absolute atomic E-state index is 0.545. The fraction of sp³-hybridized carbons (Fsp3) is 0.0263. The molecule has 0 unspecified atom stereocenters. The minimum Gasteiger partial charge on any atom is -0.305 e. The topological polar surface area (TPSA) is 86.2 Å². The summed E-state index contributed by atoms with van der Waals surface area (Å²) in [5, 5.41) is 32.6. The van der Waals surface area contributed by atoms with Crippen molar-refractivity contribution >= 4 is 56.5 Å². The van der Waals surface area contributed by atoms with Crippen molar-refractivity contribution < 1.29 is 0 Å². The van der Waals surface area contributed by atoms with Crippen LogP contribution in [0.5, 0.6) is 0 Å². The second-order valence-corrected chi connectivity index (χ2v) is 10.3. The third kappa shape index (κ3) is 3.95. The maximum absolute atomic E-state index is 10.2. The Bertz CT molecular complexity index is 2410. The summed E-state index contributed by atoms with van der Waals surface area (Å²) >= 11 is 3.53. The predicted molar refractivity (Wildman–Crippen MR) is 184 cm³/mol. The molecule has 0 bridgehead atoms. The molecule has 212 valence electrons. The molecule has 0 amide bonds. The number of fused-ring (bicyclic) bond motifs is 7. The second-order valence-electron chi connectivity index (χ2n) is 10.3. The van der Waals surface area contributed by atoms with Gasteiger partial charge in [-0.25, -0.2) is 0 Å². The van der Waals surface area contributed by atoms with Gasteiger partial charge >= 0.3 is 0 Å². The van der Waals surface area contributed by atoms with Gasteiger partial charge in [-0.2, -0.15) is 28.4 Å². The first-order valence-corrected chi connectivity index (χ1v) is 15.2. The maximum atomic E-state index is 10.2. The first kappa shape index (κ1) is 27.6. The molecule has 0 N–H and O–H groups in total. The van der Waals surface area contributed by atoms with Crippen LogP contribution in [0.4, 0.5) is 0 Å². The van der Waals surface area contributed by atoms with Gasteiger partial charge in [-0.1, -0.05) is 72.8 Å². The van der Waals surface area contributed by atoms with Crippen molar-refractivity contribution in [2.75, 3.05) is 6.26 Å². The van der Waals surface area contributed by atoms with E-state index in [0.29, 0.717) is 16.7 Å². The van der Waals surface area contributed by atoms with Crippen molar-refractivity contribution in [3.63, 3.8) is 0 Å². The van der Waals surface area contributed by atoms with Crippen molar-refractivity contribution in [3.8, 4) is 35.3 Å². The Hall–Kier alpha value is -6.20. The lowest BCUT2D eigenvalue weighted by molar-refractivity contribution is 1.14. The second kappa shape index (κ2) is 11.1. The van der Waals surface area contributed by atoms with Gasteiger partial charge in [-0.05, 0) is 54.8 Å². The molecule has 0 aliphatic heterocycles. The zero-order valence-electron chi connectivity index (χ0n) is 24.2. The number of aromatic nitrogens is 3. The highest BCUT2D eigenvalue weighted by Crippen LogP contribution is 2.46. The maximum Gasteiger partial charge on any atom is 0.101 e. The molecule has 8 rings (SSSR count). The number of nitrogens with zero attached hydrogens (tertiary/aromatic N) is 6. The Labute approximate surface area is 264 Å². The van der Waals surface area contributed by atoms with Gasteiger partial charge in [0.15, 0.2) is 0 Å². The first-order valence-electron chi connectivity index (χ1n) is 14.3. The van der Waals surface area contributed by atoms with E-state index in [1.165, 1.54) is 0 Å². The van der Waals surface area contributed by atoms with Crippen LogP contribution in [0.25, 0.3) is 60.9 Å². The largest absolute Gasteiger partial charge is 0.305 e. The molecule has 0 fully saturated rings. The Kier molecular flexibility index (Phi) is 6.84. The summed E-state index contributed by atoms with van der Waals surface area (Å²) in [5.41, 5.74) is 9.40. The van der Waals surface area contributed by atoms with Gasteiger partial charge in [0.1, 0.15) is 18.2 Å². The molecule has 3 aromatic heterocycles. The number of nitriles is 3. The van der Waals surface area contributed by atoms with Crippen molar-refractivity contribution in [2.45, 2.75) is 0 Å². The molecular formula is C38H24N6S. The summed E-state index contributed by atoms with van der Waals surface area (Å²) < 4.78 is 6.49. The Morgan fingerprint density at radius 1 is 0.400 bits per heavy atom. The van der Waals surface area contributed by atoms with Crippen molar-refractivity contribution in [1.29, 1.82) is 15.8 Å². The third-order valence-corrected chi connectivity index (χ3v) is 8.16. The van der Waals surface area contributed by atoms with Crippen LogP contribution in [0.2, 0.25) is 0 Å². The number of thiol groups is 1. The van der Waals surface area contributed by atoms with Crippen molar-refractivity contribution in [3.05, 3.63) is 138 Å². The average molecular weight is 597 g/mol. The first-order chi connectivity index (χ1) is 22.3. The van der Waals surface area contributed by atoms with E-state index in [-0.39, 0.29) is 0 Å². The van der Waals surface area contributed by atoms with E-state index in [4.69, 9.17) is 0 Å². The standard InChI is InChI=1S/C37H20N6.CH4S/c38-21-24-11-1-6-16-29(24)41-32-19-9-4-14-27(32)34-36(41)37-35(43(34)31-18-8-3-13-26(31)23-40)28-15-5-10-20-33(28)42(37)30-17-7-2-12-25(30)22-39;1-2/h1-20H;2H,1H3. The van der Waals surface area contributed by atoms with Crippen LogP contribution in [0.1, 0.15) is 16.7 Å². The molecular weight excluding hydrogens is 573 g/mol. The smallest absolute Gasteiger partial charge is 0.101 e. The minimum atomic E-state index is 0.545. The van der Waals surface area contributed by atoms with Crippen LogP contribution >= 0.6 is 12.6 Å². The van der Waals surface area contributed by atoms with E-state index in [1.807, 2.05) is 97.1 Å². The molecule has 0 spiro atoms. The summed E-state index contributed by atoms with van der Waals surface area (Å²) in [6, 6.07) is 46.3. The van der Waals surface area contributed by atoms with Gasteiger partial charge in [0.05, 0.1) is 66.9 Å². The van der Waals surface area contributed by atoms with Gasteiger partial charge in [0, 0.05) is 10.8 Å². The molecule has 0 saturated carbocycles. The van der Waals surface area contributed by atoms with E-state index < -0.39 is 0 Å². The zero-order chi connectivity index (χ0) is 31.1. The predicted octanol–water partition coefficient (Wildman–Crippen LogP) is 8.83. The number of para-hydroxylation sites is 5. The van der Waals surface area contributed by atoms with Gasteiger partial charge < -0.3 is 13.7 Å². The summed E-state index contributed by atoms with van der Waals surface area (Å²) in [6.45, 7) is 0. The molecule has 5 aromatic carbocycles. The van der Waals surface area contributed by atoms with E-state index in [9.17, 15) is 15.8 Å². The summed E-state index contributed by atoms with van der Waals surface area (Å²) in [5.74, 6) is 0. The van der Waals surface area contributed by atoms with Crippen LogP contribution in [0, 0.1) is 34.0 Å². The molecule has 7 heteroatoms. The van der Waals surface area contributed by atoms with E-state index >= 15 is 0 Å². The SMILES string of the molecule is CS.N#Cc1ccccc1-n1c2ccccc2c2c1c1c(c3ccccc3n1-c1ccccc1C#N)n2-c1ccccc1C#N. The Balaban J connectivity index is 0.00000160. The summed E-state index contributed by atoms with van der Waals surface area (Å²) in [7, 11) is 0. The van der Waals surface area contributed by atoms with E-state index in [0.717, 1.165) is 60.9 Å². The van der Waals surface area contributed by atoms with Crippen LogP contribution in [-0.2, 0) is 0 Å². The quantitative estimate of drug-likeness (QED) is 0.207. The molecule has 6 nitrogen and oxygen atoms in total. The van der Waals surface area contributed by atoms with Crippen LogP contribution in [0.15, 0.2) is 121 Å². The van der Waals surface area contributed by atoms with Crippen LogP contribution in [-0.4, -0.2) is 20.0 Å². The highest BCUT2D eigenvalue weighted by Gasteiger charge is 2.29. The molecule has 0 aliphatic carbocycles. The Morgan fingerprint density at radius 3 is 1.09 bits per heavy atom. The van der Waals surface area contributed by atoms with Gasteiger partial charge in [0.2, 0.25) is 0 Å². The lowest BCUT2D eigenvalue weighted by Crippen LogP contribution is -2.00. The number of rotatable bonds is 3. The molecule has 45 heavy (non-hydrogen) atoms. The van der Waals surface area contributed by atoms with Crippen molar-refractivity contribution in [2.24, 2.45) is 0 Å². The van der Waals surface area contributed by atoms with E-state index in [1.54, 1.807) is 6.26 Å². The highest BCUT2D eigenvalue weighted by atomic mass is 32.1. The monoisotopic (exact) mass is 596 g/mol. The number of hydrogen-bond donors (Lipinski definition) is 1. The molecule has 0 radical (unpaired) electrons. The summed E-state index contributed by atoms with van der Waals surface area (Å²) in [4.78, 5) is 0. The zero-order valence-corrected chi connectivity index (χ0v) is 25.1. The van der Waals surface area contributed by atoms with Gasteiger partial charge in [-0.15, -0.1) is 0 Å². The molecule has 0 aliphatic rings. The lowest BCUT2D eigenvalue weighted by atomic mass is 10.1.